The van der Waals surface area contributed by atoms with Crippen LogP contribution >= 0.6 is 11.8 Å². The van der Waals surface area contributed by atoms with E-state index in [1.54, 1.807) is 12.1 Å². The summed E-state index contributed by atoms with van der Waals surface area (Å²) in [4.78, 5) is 0.328. The van der Waals surface area contributed by atoms with E-state index in [-0.39, 0.29) is 17.1 Å². The lowest BCUT2D eigenvalue weighted by Crippen LogP contribution is -2.25. The Morgan fingerprint density at radius 3 is 2.19 bits per heavy atom. The summed E-state index contributed by atoms with van der Waals surface area (Å²) in [5.41, 5.74) is 6.92. The minimum atomic E-state index is -0.616. The van der Waals surface area contributed by atoms with Crippen molar-refractivity contribution in [2.24, 2.45) is 5.73 Å². The number of benzene rings is 2. The second-order valence-corrected chi connectivity index (χ2v) is 5.92. The van der Waals surface area contributed by atoms with Gasteiger partial charge in [-0.15, -0.1) is 11.8 Å². The van der Waals surface area contributed by atoms with Crippen LogP contribution in [-0.2, 0) is 0 Å². The molecule has 0 saturated heterocycles. The first-order valence-electron chi connectivity index (χ1n) is 6.64. The van der Waals surface area contributed by atoms with Crippen molar-refractivity contribution >= 4 is 11.8 Å². The summed E-state index contributed by atoms with van der Waals surface area (Å²) >= 11 is 1.23. The number of rotatable bonds is 5. The number of halogens is 3. The van der Waals surface area contributed by atoms with Crippen molar-refractivity contribution in [1.82, 2.24) is 0 Å². The van der Waals surface area contributed by atoms with Crippen LogP contribution in [0.5, 0.6) is 0 Å². The predicted molar refractivity (Wildman–Crippen MR) is 79.6 cm³/mol. The standard InChI is InChI=1S/C16H16F3NS/c1-2-14(20)16(10-3-5-11(17)6-4-10)21-15-8-7-12(18)9-13(15)19/h3-9,14,16H,2,20H2,1H3. The molecule has 0 aliphatic carbocycles. The average Bonchev–Trinajstić information content (AvgIpc) is 2.47. The van der Waals surface area contributed by atoms with Gasteiger partial charge in [-0.05, 0) is 36.2 Å². The molecular formula is C16H16F3NS. The fourth-order valence-electron chi connectivity index (χ4n) is 1.98. The van der Waals surface area contributed by atoms with Gasteiger partial charge in [0.1, 0.15) is 17.5 Å². The van der Waals surface area contributed by atoms with Gasteiger partial charge >= 0.3 is 0 Å². The van der Waals surface area contributed by atoms with Gasteiger partial charge in [0.25, 0.3) is 0 Å². The van der Waals surface area contributed by atoms with Gasteiger partial charge < -0.3 is 5.73 Å². The highest BCUT2D eigenvalue weighted by atomic mass is 32.2. The van der Waals surface area contributed by atoms with Crippen molar-refractivity contribution in [2.45, 2.75) is 29.5 Å². The second-order valence-electron chi connectivity index (χ2n) is 4.74. The van der Waals surface area contributed by atoms with Gasteiger partial charge in [-0.2, -0.15) is 0 Å². The molecule has 2 atom stereocenters. The Hall–Kier alpha value is -1.46. The van der Waals surface area contributed by atoms with E-state index in [4.69, 9.17) is 5.73 Å². The Kier molecular flexibility index (Phi) is 5.31. The van der Waals surface area contributed by atoms with Crippen molar-refractivity contribution in [3.05, 3.63) is 65.5 Å². The molecule has 5 heteroatoms. The summed E-state index contributed by atoms with van der Waals surface area (Å²) in [7, 11) is 0. The molecule has 0 aliphatic rings. The maximum absolute atomic E-state index is 13.8. The summed E-state index contributed by atoms with van der Waals surface area (Å²) in [5.74, 6) is -1.56. The Bertz CT molecular complexity index is 601. The molecule has 2 N–H and O–H groups in total. The molecule has 0 fully saturated rings. The smallest absolute Gasteiger partial charge is 0.139 e. The zero-order valence-electron chi connectivity index (χ0n) is 11.5. The van der Waals surface area contributed by atoms with Gasteiger partial charge in [0, 0.05) is 22.3 Å². The minimum absolute atomic E-state index is 0.218. The van der Waals surface area contributed by atoms with E-state index in [0.29, 0.717) is 11.3 Å². The summed E-state index contributed by atoms with van der Waals surface area (Å²) < 4.78 is 39.8. The van der Waals surface area contributed by atoms with Crippen LogP contribution in [0.2, 0.25) is 0 Å². The summed E-state index contributed by atoms with van der Waals surface area (Å²) in [6, 6.07) is 9.23. The molecule has 2 unspecified atom stereocenters. The molecular weight excluding hydrogens is 295 g/mol. The van der Waals surface area contributed by atoms with Gasteiger partial charge in [-0.3, -0.25) is 0 Å². The van der Waals surface area contributed by atoms with E-state index in [2.05, 4.69) is 0 Å². The van der Waals surface area contributed by atoms with Crippen LogP contribution in [0, 0.1) is 17.5 Å². The zero-order valence-corrected chi connectivity index (χ0v) is 12.3. The Balaban J connectivity index is 2.30. The number of nitrogens with two attached hydrogens (primary N) is 1. The highest BCUT2D eigenvalue weighted by molar-refractivity contribution is 7.99. The van der Waals surface area contributed by atoms with E-state index in [0.717, 1.165) is 11.6 Å². The third-order valence-corrected chi connectivity index (χ3v) is 4.67. The molecule has 0 spiro atoms. The van der Waals surface area contributed by atoms with Crippen molar-refractivity contribution in [3.63, 3.8) is 0 Å². The molecule has 2 aromatic rings. The topological polar surface area (TPSA) is 26.0 Å². The molecule has 112 valence electrons. The average molecular weight is 311 g/mol. The van der Waals surface area contributed by atoms with Crippen molar-refractivity contribution in [3.8, 4) is 0 Å². The van der Waals surface area contributed by atoms with Crippen molar-refractivity contribution in [1.29, 1.82) is 0 Å². The molecule has 2 aromatic carbocycles. The third-order valence-electron chi connectivity index (χ3n) is 3.21. The van der Waals surface area contributed by atoms with Gasteiger partial charge in [0.05, 0.1) is 0 Å². The molecule has 1 nitrogen and oxygen atoms in total. The lowest BCUT2D eigenvalue weighted by molar-refractivity contribution is 0.564. The normalized spacial score (nSPS) is 14.0. The minimum Gasteiger partial charge on any atom is -0.326 e. The SMILES string of the molecule is CCC(N)C(Sc1ccc(F)cc1F)c1ccc(F)cc1. The lowest BCUT2D eigenvalue weighted by Gasteiger charge is -2.23. The molecule has 0 aliphatic heterocycles. The Morgan fingerprint density at radius 1 is 1.00 bits per heavy atom. The highest BCUT2D eigenvalue weighted by Gasteiger charge is 2.21. The number of hydrogen-bond donors (Lipinski definition) is 1. The highest BCUT2D eigenvalue weighted by Crippen LogP contribution is 2.39. The predicted octanol–water partition coefficient (Wildman–Crippen LogP) is 4.67. The first-order valence-corrected chi connectivity index (χ1v) is 7.52. The van der Waals surface area contributed by atoms with Crippen LogP contribution in [0.25, 0.3) is 0 Å². The molecule has 21 heavy (non-hydrogen) atoms. The maximum Gasteiger partial charge on any atom is 0.139 e. The van der Waals surface area contributed by atoms with Gasteiger partial charge in [0.15, 0.2) is 0 Å². The zero-order chi connectivity index (χ0) is 15.4. The van der Waals surface area contributed by atoms with Crippen LogP contribution in [-0.4, -0.2) is 6.04 Å². The van der Waals surface area contributed by atoms with Crippen LogP contribution < -0.4 is 5.73 Å². The van der Waals surface area contributed by atoms with E-state index in [1.165, 1.54) is 36.0 Å². The number of thioether (sulfide) groups is 1. The molecule has 0 amide bonds. The van der Waals surface area contributed by atoms with E-state index in [1.807, 2.05) is 6.92 Å². The monoisotopic (exact) mass is 311 g/mol. The van der Waals surface area contributed by atoms with E-state index >= 15 is 0 Å². The Morgan fingerprint density at radius 2 is 1.62 bits per heavy atom. The number of hydrogen-bond acceptors (Lipinski definition) is 2. The second kappa shape index (κ2) is 7.00. The first kappa shape index (κ1) is 15.9. The summed E-state index contributed by atoms with van der Waals surface area (Å²) in [6.45, 7) is 1.93. The van der Waals surface area contributed by atoms with Gasteiger partial charge in [-0.1, -0.05) is 19.1 Å². The van der Waals surface area contributed by atoms with Gasteiger partial charge in [0.2, 0.25) is 0 Å². The fourth-order valence-corrected chi connectivity index (χ4v) is 3.23. The Labute approximate surface area is 126 Å². The molecule has 0 bridgehead atoms. The molecule has 0 aromatic heterocycles. The molecule has 0 saturated carbocycles. The van der Waals surface area contributed by atoms with E-state index < -0.39 is 11.6 Å². The van der Waals surface area contributed by atoms with Crippen LogP contribution in [0.4, 0.5) is 13.2 Å². The molecule has 0 heterocycles. The fraction of sp³-hybridized carbons (Fsp3) is 0.250. The molecule has 0 radical (unpaired) electrons. The van der Waals surface area contributed by atoms with Crippen molar-refractivity contribution in [2.75, 3.05) is 0 Å². The van der Waals surface area contributed by atoms with Crippen molar-refractivity contribution < 1.29 is 13.2 Å². The maximum atomic E-state index is 13.8. The quantitative estimate of drug-likeness (QED) is 0.812. The van der Waals surface area contributed by atoms with Crippen LogP contribution in [0.1, 0.15) is 24.2 Å². The van der Waals surface area contributed by atoms with Crippen LogP contribution in [0.3, 0.4) is 0 Å². The third kappa shape index (κ3) is 4.02. The lowest BCUT2D eigenvalue weighted by atomic mass is 10.0. The van der Waals surface area contributed by atoms with Crippen LogP contribution in [0.15, 0.2) is 47.4 Å². The molecule has 2 rings (SSSR count). The van der Waals surface area contributed by atoms with E-state index in [9.17, 15) is 13.2 Å². The summed E-state index contributed by atoms with van der Waals surface area (Å²) in [6.07, 6.45) is 0.692. The largest absolute Gasteiger partial charge is 0.326 e. The first-order chi connectivity index (χ1) is 10.0. The summed E-state index contributed by atoms with van der Waals surface area (Å²) in [5, 5.41) is -0.226. The van der Waals surface area contributed by atoms with Gasteiger partial charge in [-0.25, -0.2) is 13.2 Å².